The Bertz CT molecular complexity index is 909. The number of esters is 1. The van der Waals surface area contributed by atoms with Crippen molar-refractivity contribution in [2.45, 2.75) is 19.8 Å². The van der Waals surface area contributed by atoms with Crippen molar-refractivity contribution in [3.8, 4) is 0 Å². The maximum Gasteiger partial charge on any atom is 0.341 e. The van der Waals surface area contributed by atoms with Crippen molar-refractivity contribution in [2.24, 2.45) is 0 Å². The molecular formula is C22H21NO3S. The van der Waals surface area contributed by atoms with Gasteiger partial charge in [-0.25, -0.2) is 4.79 Å². The van der Waals surface area contributed by atoms with Gasteiger partial charge in [0.05, 0.1) is 18.6 Å². The van der Waals surface area contributed by atoms with Crippen LogP contribution in [0, 0.1) is 13.8 Å². The number of thiophene rings is 1. The Morgan fingerprint density at radius 1 is 0.926 bits per heavy atom. The summed E-state index contributed by atoms with van der Waals surface area (Å²) in [5.74, 6) is -1.09. The summed E-state index contributed by atoms with van der Waals surface area (Å²) in [6.45, 7) is 3.79. The van der Waals surface area contributed by atoms with E-state index < -0.39 is 11.9 Å². The summed E-state index contributed by atoms with van der Waals surface area (Å²) >= 11 is 1.39. The lowest BCUT2D eigenvalue weighted by molar-refractivity contribution is -0.116. The van der Waals surface area contributed by atoms with E-state index in [1.807, 2.05) is 74.5 Å². The Kier molecular flexibility index (Phi) is 5.72. The Balaban J connectivity index is 2.00. The number of rotatable bonds is 5. The van der Waals surface area contributed by atoms with Crippen molar-refractivity contribution in [3.63, 3.8) is 0 Å². The second-order valence-electron chi connectivity index (χ2n) is 6.22. The molecule has 2 aromatic carbocycles. The molecule has 0 aliphatic carbocycles. The highest BCUT2D eigenvalue weighted by atomic mass is 32.1. The molecule has 5 heteroatoms. The van der Waals surface area contributed by atoms with Crippen molar-refractivity contribution in [1.29, 1.82) is 0 Å². The number of aryl methyl sites for hydroxylation is 1. The molecule has 0 spiro atoms. The first-order valence-electron chi connectivity index (χ1n) is 8.62. The summed E-state index contributed by atoms with van der Waals surface area (Å²) in [5.41, 5.74) is 3.04. The van der Waals surface area contributed by atoms with Gasteiger partial charge in [-0.1, -0.05) is 60.7 Å². The minimum atomic E-state index is -0.472. The number of carbonyl (C=O) groups excluding carboxylic acids is 2. The first kappa shape index (κ1) is 18.9. The predicted octanol–water partition coefficient (Wildman–Crippen LogP) is 4.92. The van der Waals surface area contributed by atoms with E-state index in [1.54, 1.807) is 0 Å². The summed E-state index contributed by atoms with van der Waals surface area (Å²) < 4.78 is 4.90. The van der Waals surface area contributed by atoms with Crippen LogP contribution in [0.1, 0.15) is 37.8 Å². The van der Waals surface area contributed by atoms with Crippen molar-refractivity contribution in [2.75, 3.05) is 12.4 Å². The molecule has 0 bridgehead atoms. The minimum absolute atomic E-state index is 0.182. The van der Waals surface area contributed by atoms with Crippen LogP contribution in [-0.2, 0) is 9.53 Å². The second-order valence-corrected chi connectivity index (χ2v) is 7.45. The minimum Gasteiger partial charge on any atom is -0.465 e. The molecular weight excluding hydrogens is 358 g/mol. The van der Waals surface area contributed by atoms with E-state index in [9.17, 15) is 9.59 Å². The van der Waals surface area contributed by atoms with Gasteiger partial charge in [0.1, 0.15) is 5.00 Å². The molecule has 0 saturated heterocycles. The number of ether oxygens (including phenoxy) is 1. The normalized spacial score (nSPS) is 10.7. The molecule has 27 heavy (non-hydrogen) atoms. The number of methoxy groups -OCH3 is 1. The average molecular weight is 379 g/mol. The van der Waals surface area contributed by atoms with Gasteiger partial charge < -0.3 is 10.1 Å². The monoisotopic (exact) mass is 379 g/mol. The summed E-state index contributed by atoms with van der Waals surface area (Å²) in [5, 5.41) is 3.49. The standard InChI is InChI=1S/C22H21NO3S/c1-14-15(2)27-21(18(14)22(25)26-3)23-20(24)19(16-10-6-4-7-11-16)17-12-8-5-9-13-17/h4-13,19H,1-3H3,(H,23,24). The number of nitrogens with one attached hydrogen (secondary N) is 1. The van der Waals surface area contributed by atoms with Gasteiger partial charge in [0, 0.05) is 4.88 Å². The number of benzene rings is 2. The van der Waals surface area contributed by atoms with E-state index in [0.29, 0.717) is 10.6 Å². The molecule has 0 aliphatic heterocycles. The first-order chi connectivity index (χ1) is 13.0. The molecule has 4 nitrogen and oxygen atoms in total. The maximum absolute atomic E-state index is 13.2. The third kappa shape index (κ3) is 3.93. The van der Waals surface area contributed by atoms with E-state index in [1.165, 1.54) is 18.4 Å². The number of amides is 1. The fourth-order valence-electron chi connectivity index (χ4n) is 3.03. The number of hydrogen-bond acceptors (Lipinski definition) is 4. The van der Waals surface area contributed by atoms with Crippen LogP contribution in [0.4, 0.5) is 5.00 Å². The third-order valence-electron chi connectivity index (χ3n) is 4.54. The summed E-state index contributed by atoms with van der Waals surface area (Å²) in [7, 11) is 1.34. The van der Waals surface area contributed by atoms with Gasteiger partial charge in [-0.15, -0.1) is 11.3 Å². The lowest BCUT2D eigenvalue weighted by Crippen LogP contribution is -2.23. The van der Waals surface area contributed by atoms with Crippen LogP contribution in [-0.4, -0.2) is 19.0 Å². The fourth-order valence-corrected chi connectivity index (χ4v) is 4.08. The zero-order chi connectivity index (χ0) is 19.4. The zero-order valence-electron chi connectivity index (χ0n) is 15.5. The highest BCUT2D eigenvalue weighted by Crippen LogP contribution is 2.35. The van der Waals surface area contributed by atoms with Gasteiger partial charge in [-0.2, -0.15) is 0 Å². The number of anilines is 1. The summed E-state index contributed by atoms with van der Waals surface area (Å²) in [4.78, 5) is 26.4. The van der Waals surface area contributed by atoms with Gasteiger partial charge in [-0.3, -0.25) is 4.79 Å². The lowest BCUT2D eigenvalue weighted by Gasteiger charge is -2.18. The molecule has 0 atom stereocenters. The predicted molar refractivity (Wildman–Crippen MR) is 108 cm³/mol. The Labute approximate surface area is 162 Å². The van der Waals surface area contributed by atoms with E-state index in [2.05, 4.69) is 5.32 Å². The Hall–Kier alpha value is -2.92. The van der Waals surface area contributed by atoms with Gasteiger partial charge in [0.25, 0.3) is 0 Å². The SMILES string of the molecule is COC(=O)c1c(NC(=O)C(c2ccccc2)c2ccccc2)sc(C)c1C. The fraction of sp³-hybridized carbons (Fsp3) is 0.182. The van der Waals surface area contributed by atoms with Crippen LogP contribution in [0.15, 0.2) is 60.7 Å². The van der Waals surface area contributed by atoms with Crippen molar-refractivity contribution in [1.82, 2.24) is 0 Å². The molecule has 3 rings (SSSR count). The number of carbonyl (C=O) groups is 2. The highest BCUT2D eigenvalue weighted by molar-refractivity contribution is 7.16. The summed E-state index contributed by atoms with van der Waals surface area (Å²) in [6, 6.07) is 19.2. The topological polar surface area (TPSA) is 55.4 Å². The van der Waals surface area contributed by atoms with Crippen molar-refractivity contribution < 1.29 is 14.3 Å². The summed E-state index contributed by atoms with van der Waals surface area (Å²) in [6.07, 6.45) is 0. The van der Waals surface area contributed by atoms with Crippen molar-refractivity contribution >= 4 is 28.2 Å². The van der Waals surface area contributed by atoms with Crippen LogP contribution in [0.5, 0.6) is 0 Å². The van der Waals surface area contributed by atoms with Gasteiger partial charge in [0.15, 0.2) is 0 Å². The highest BCUT2D eigenvalue weighted by Gasteiger charge is 2.27. The molecule has 1 amide bonds. The maximum atomic E-state index is 13.2. The average Bonchev–Trinajstić information content (AvgIpc) is 2.96. The van der Waals surface area contributed by atoms with Gasteiger partial charge in [0.2, 0.25) is 5.91 Å². The zero-order valence-corrected chi connectivity index (χ0v) is 16.3. The number of hydrogen-bond donors (Lipinski definition) is 1. The van der Waals surface area contributed by atoms with E-state index in [-0.39, 0.29) is 5.91 Å². The first-order valence-corrected chi connectivity index (χ1v) is 9.43. The van der Waals surface area contributed by atoms with Gasteiger partial charge in [-0.05, 0) is 30.5 Å². The molecule has 138 valence electrons. The molecule has 1 heterocycles. The van der Waals surface area contributed by atoms with Crippen LogP contribution in [0.2, 0.25) is 0 Å². The van der Waals surface area contributed by atoms with E-state index in [0.717, 1.165) is 21.6 Å². The molecule has 0 saturated carbocycles. The van der Waals surface area contributed by atoms with Crippen LogP contribution in [0.25, 0.3) is 0 Å². The molecule has 3 aromatic rings. The molecule has 0 radical (unpaired) electrons. The van der Waals surface area contributed by atoms with Gasteiger partial charge >= 0.3 is 5.97 Å². The molecule has 1 aromatic heterocycles. The Morgan fingerprint density at radius 3 is 1.93 bits per heavy atom. The van der Waals surface area contributed by atoms with Crippen LogP contribution >= 0.6 is 11.3 Å². The van der Waals surface area contributed by atoms with E-state index >= 15 is 0 Å². The van der Waals surface area contributed by atoms with Crippen LogP contribution in [0.3, 0.4) is 0 Å². The van der Waals surface area contributed by atoms with Crippen LogP contribution < -0.4 is 5.32 Å². The molecule has 0 aliphatic rings. The quantitative estimate of drug-likeness (QED) is 0.640. The molecule has 0 fully saturated rings. The van der Waals surface area contributed by atoms with Crippen molar-refractivity contribution in [3.05, 3.63) is 87.8 Å². The molecule has 0 unspecified atom stereocenters. The third-order valence-corrected chi connectivity index (χ3v) is 5.66. The Morgan fingerprint density at radius 2 is 1.44 bits per heavy atom. The molecule has 1 N–H and O–H groups in total. The van der Waals surface area contributed by atoms with E-state index in [4.69, 9.17) is 4.74 Å². The lowest BCUT2D eigenvalue weighted by atomic mass is 9.90. The largest absolute Gasteiger partial charge is 0.465 e. The second kappa shape index (κ2) is 8.18. The smallest absolute Gasteiger partial charge is 0.341 e.